The summed E-state index contributed by atoms with van der Waals surface area (Å²) < 4.78 is 0. The molecule has 2 N–H and O–H groups in total. The molecule has 0 aromatic rings. The Hall–Kier alpha value is -1.92. The molecule has 2 aliphatic heterocycles. The quantitative estimate of drug-likeness (QED) is 0.708. The minimum absolute atomic E-state index is 0.0141. The van der Waals surface area contributed by atoms with E-state index in [-0.39, 0.29) is 11.8 Å². The molecule has 2 unspecified atom stereocenters. The van der Waals surface area contributed by atoms with E-state index in [2.05, 4.69) is 10.6 Å². The second kappa shape index (κ2) is 5.46. The normalized spacial score (nSPS) is 31.3. The third-order valence-corrected chi connectivity index (χ3v) is 4.67. The SMILES string of the molecule is O=C1NC(=O)N(C2CCCNC2=O)C(=O)C1C1CCCC1. The zero-order chi connectivity index (χ0) is 15.0. The Labute approximate surface area is 122 Å². The van der Waals surface area contributed by atoms with E-state index in [0.29, 0.717) is 13.0 Å². The topological polar surface area (TPSA) is 95.6 Å². The first kappa shape index (κ1) is 14.0. The highest BCUT2D eigenvalue weighted by molar-refractivity contribution is 6.17. The molecule has 7 nitrogen and oxygen atoms in total. The number of nitrogens with one attached hydrogen (secondary N) is 2. The maximum absolute atomic E-state index is 12.6. The summed E-state index contributed by atoms with van der Waals surface area (Å²) in [6.07, 6.45) is 4.82. The molecule has 3 fully saturated rings. The first-order chi connectivity index (χ1) is 10.1. The molecule has 5 amide bonds. The molecular formula is C14H19N3O4. The number of imide groups is 2. The standard InChI is InChI=1S/C14H19N3O4/c18-11-9(6-3-7-15-11)17-13(20)10(8-4-1-2-5-8)12(19)16-14(17)21/h8-10H,1-7H2,(H,15,18)(H,16,19,21). The molecule has 2 heterocycles. The largest absolute Gasteiger partial charge is 0.354 e. The van der Waals surface area contributed by atoms with E-state index in [1.54, 1.807) is 0 Å². The van der Waals surface area contributed by atoms with Gasteiger partial charge in [0.05, 0.1) is 0 Å². The summed E-state index contributed by atoms with van der Waals surface area (Å²) in [7, 11) is 0. The molecule has 0 aromatic carbocycles. The Morgan fingerprint density at radius 3 is 2.29 bits per heavy atom. The Kier molecular flexibility index (Phi) is 3.65. The van der Waals surface area contributed by atoms with Crippen LogP contribution in [0.2, 0.25) is 0 Å². The van der Waals surface area contributed by atoms with Gasteiger partial charge in [-0.2, -0.15) is 0 Å². The lowest BCUT2D eigenvalue weighted by atomic mass is 9.86. The lowest BCUT2D eigenvalue weighted by Gasteiger charge is -2.38. The molecule has 1 aliphatic carbocycles. The molecule has 0 bridgehead atoms. The van der Waals surface area contributed by atoms with Crippen molar-refractivity contribution >= 4 is 23.8 Å². The summed E-state index contributed by atoms with van der Waals surface area (Å²) in [5, 5.41) is 4.92. The van der Waals surface area contributed by atoms with Crippen molar-refractivity contribution in [2.24, 2.45) is 11.8 Å². The molecule has 114 valence electrons. The van der Waals surface area contributed by atoms with Gasteiger partial charge in [0.1, 0.15) is 12.0 Å². The Bertz CT molecular complexity index is 498. The van der Waals surface area contributed by atoms with E-state index in [1.807, 2.05) is 0 Å². The zero-order valence-corrected chi connectivity index (χ0v) is 11.8. The van der Waals surface area contributed by atoms with Crippen LogP contribution in [-0.4, -0.2) is 41.2 Å². The summed E-state index contributed by atoms with van der Waals surface area (Å²) in [4.78, 5) is 49.6. The Balaban J connectivity index is 1.85. The van der Waals surface area contributed by atoms with Crippen molar-refractivity contribution in [3.63, 3.8) is 0 Å². The van der Waals surface area contributed by atoms with Crippen molar-refractivity contribution in [1.82, 2.24) is 15.5 Å². The molecule has 7 heteroatoms. The first-order valence-corrected chi connectivity index (χ1v) is 7.55. The van der Waals surface area contributed by atoms with E-state index in [4.69, 9.17) is 0 Å². The molecule has 3 rings (SSSR count). The molecule has 0 spiro atoms. The van der Waals surface area contributed by atoms with Crippen molar-refractivity contribution in [3.05, 3.63) is 0 Å². The van der Waals surface area contributed by atoms with Crippen molar-refractivity contribution in [3.8, 4) is 0 Å². The summed E-state index contributed by atoms with van der Waals surface area (Å²) in [5.41, 5.74) is 0. The number of rotatable bonds is 2. The minimum atomic E-state index is -0.820. The highest BCUT2D eigenvalue weighted by Crippen LogP contribution is 2.34. The van der Waals surface area contributed by atoms with Gasteiger partial charge in [-0.05, 0) is 31.6 Å². The number of piperidine rings is 1. The van der Waals surface area contributed by atoms with Crippen LogP contribution >= 0.6 is 0 Å². The lowest BCUT2D eigenvalue weighted by molar-refractivity contribution is -0.150. The third kappa shape index (κ3) is 2.41. The van der Waals surface area contributed by atoms with Gasteiger partial charge in [-0.25, -0.2) is 4.79 Å². The van der Waals surface area contributed by atoms with Crippen LogP contribution in [0.3, 0.4) is 0 Å². The van der Waals surface area contributed by atoms with E-state index in [9.17, 15) is 19.2 Å². The van der Waals surface area contributed by atoms with Crippen LogP contribution in [0.5, 0.6) is 0 Å². The average Bonchev–Trinajstić information content (AvgIpc) is 2.94. The Morgan fingerprint density at radius 1 is 0.905 bits per heavy atom. The number of nitrogens with zero attached hydrogens (tertiary/aromatic N) is 1. The molecule has 0 radical (unpaired) electrons. The maximum atomic E-state index is 12.6. The number of hydrogen-bond donors (Lipinski definition) is 2. The van der Waals surface area contributed by atoms with Gasteiger partial charge in [-0.15, -0.1) is 0 Å². The highest BCUT2D eigenvalue weighted by atomic mass is 16.2. The summed E-state index contributed by atoms with van der Waals surface area (Å²) in [6.45, 7) is 0.559. The fraction of sp³-hybridized carbons (Fsp3) is 0.714. The predicted octanol–water partition coefficient (Wildman–Crippen LogP) is 0.150. The Morgan fingerprint density at radius 2 is 1.62 bits per heavy atom. The van der Waals surface area contributed by atoms with Gasteiger partial charge in [-0.3, -0.25) is 24.6 Å². The molecule has 21 heavy (non-hydrogen) atoms. The predicted molar refractivity (Wildman–Crippen MR) is 71.9 cm³/mol. The number of carbonyl (C=O) groups is 4. The second-order valence-corrected chi connectivity index (χ2v) is 5.97. The number of amides is 5. The van der Waals surface area contributed by atoms with Crippen molar-refractivity contribution < 1.29 is 19.2 Å². The summed E-state index contributed by atoms with van der Waals surface area (Å²) >= 11 is 0. The molecule has 2 saturated heterocycles. The number of urea groups is 1. The highest BCUT2D eigenvalue weighted by Gasteiger charge is 2.49. The molecule has 0 aromatic heterocycles. The molecular weight excluding hydrogens is 274 g/mol. The number of hydrogen-bond acceptors (Lipinski definition) is 4. The average molecular weight is 293 g/mol. The van der Waals surface area contributed by atoms with Crippen LogP contribution in [0.4, 0.5) is 4.79 Å². The lowest BCUT2D eigenvalue weighted by Crippen LogP contribution is -2.65. The van der Waals surface area contributed by atoms with Crippen molar-refractivity contribution in [2.45, 2.75) is 44.6 Å². The fourth-order valence-electron chi connectivity index (χ4n) is 3.61. The smallest absolute Gasteiger partial charge is 0.331 e. The van der Waals surface area contributed by atoms with E-state index >= 15 is 0 Å². The van der Waals surface area contributed by atoms with Gasteiger partial charge in [0.15, 0.2) is 0 Å². The summed E-state index contributed by atoms with van der Waals surface area (Å²) in [5.74, 6) is -2.16. The van der Waals surface area contributed by atoms with Gasteiger partial charge in [-0.1, -0.05) is 12.8 Å². The number of carbonyl (C=O) groups excluding carboxylic acids is 4. The van der Waals surface area contributed by atoms with Crippen molar-refractivity contribution in [1.29, 1.82) is 0 Å². The van der Waals surface area contributed by atoms with Crippen LogP contribution in [0.25, 0.3) is 0 Å². The van der Waals surface area contributed by atoms with Crippen LogP contribution in [-0.2, 0) is 14.4 Å². The van der Waals surface area contributed by atoms with Crippen LogP contribution < -0.4 is 10.6 Å². The van der Waals surface area contributed by atoms with Gasteiger partial charge >= 0.3 is 6.03 Å². The first-order valence-electron chi connectivity index (χ1n) is 7.55. The third-order valence-electron chi connectivity index (χ3n) is 4.67. The van der Waals surface area contributed by atoms with Gasteiger partial charge < -0.3 is 5.32 Å². The van der Waals surface area contributed by atoms with Crippen LogP contribution in [0, 0.1) is 11.8 Å². The fourth-order valence-corrected chi connectivity index (χ4v) is 3.61. The monoisotopic (exact) mass is 293 g/mol. The summed E-state index contributed by atoms with van der Waals surface area (Å²) in [6, 6.07) is -1.55. The molecule has 1 saturated carbocycles. The van der Waals surface area contributed by atoms with Gasteiger partial charge in [0, 0.05) is 6.54 Å². The van der Waals surface area contributed by atoms with Crippen LogP contribution in [0.1, 0.15) is 38.5 Å². The van der Waals surface area contributed by atoms with E-state index < -0.39 is 29.8 Å². The van der Waals surface area contributed by atoms with E-state index in [1.165, 1.54) is 0 Å². The minimum Gasteiger partial charge on any atom is -0.354 e. The van der Waals surface area contributed by atoms with Crippen LogP contribution in [0.15, 0.2) is 0 Å². The number of barbiturate groups is 1. The zero-order valence-electron chi connectivity index (χ0n) is 11.8. The molecule has 3 aliphatic rings. The second-order valence-electron chi connectivity index (χ2n) is 5.97. The maximum Gasteiger partial charge on any atom is 0.331 e. The van der Waals surface area contributed by atoms with E-state index in [0.717, 1.165) is 37.0 Å². The van der Waals surface area contributed by atoms with Gasteiger partial charge in [0.2, 0.25) is 17.7 Å². The van der Waals surface area contributed by atoms with Gasteiger partial charge in [0.25, 0.3) is 0 Å². The van der Waals surface area contributed by atoms with Crippen molar-refractivity contribution in [2.75, 3.05) is 6.54 Å². The molecule has 2 atom stereocenters.